The van der Waals surface area contributed by atoms with Gasteiger partial charge in [-0.1, -0.05) is 45.9 Å². The molecular formula is C19H24N2O. The van der Waals surface area contributed by atoms with Gasteiger partial charge in [0.1, 0.15) is 5.75 Å². The average Bonchev–Trinajstić information content (AvgIpc) is 2.46. The van der Waals surface area contributed by atoms with Crippen molar-refractivity contribution in [2.24, 2.45) is 4.99 Å². The van der Waals surface area contributed by atoms with Gasteiger partial charge in [0.2, 0.25) is 0 Å². The molecule has 2 aromatic carbocycles. The Morgan fingerprint density at radius 3 is 2.45 bits per heavy atom. The molecule has 2 rings (SSSR count). The Morgan fingerprint density at radius 2 is 1.86 bits per heavy atom. The quantitative estimate of drug-likeness (QED) is 0.643. The van der Waals surface area contributed by atoms with Crippen molar-refractivity contribution in [3.8, 4) is 5.75 Å². The maximum absolute atomic E-state index is 9.82. The van der Waals surface area contributed by atoms with Crippen LogP contribution in [0, 0.1) is 0 Å². The number of hydrogen-bond donors (Lipinski definition) is 2. The van der Waals surface area contributed by atoms with Crippen LogP contribution in [0.1, 0.15) is 44.4 Å². The summed E-state index contributed by atoms with van der Waals surface area (Å²) in [5.41, 5.74) is 10.7. The second-order valence-electron chi connectivity index (χ2n) is 6.49. The van der Waals surface area contributed by atoms with Crippen LogP contribution in [-0.4, -0.2) is 11.3 Å². The Morgan fingerprint density at radius 1 is 1.18 bits per heavy atom. The molecule has 0 heterocycles. The van der Waals surface area contributed by atoms with Gasteiger partial charge in [0.05, 0.1) is 11.4 Å². The van der Waals surface area contributed by atoms with E-state index in [0.29, 0.717) is 11.3 Å². The molecule has 0 fully saturated rings. The highest BCUT2D eigenvalue weighted by Crippen LogP contribution is 2.34. The predicted octanol–water partition coefficient (Wildman–Crippen LogP) is 4.58. The largest absolute Gasteiger partial charge is 0.507 e. The summed E-state index contributed by atoms with van der Waals surface area (Å²) in [6.45, 7) is 8.62. The number of nitrogens with two attached hydrogens (primary N) is 1. The van der Waals surface area contributed by atoms with E-state index in [2.05, 4.69) is 38.8 Å². The molecule has 0 unspecified atom stereocenters. The van der Waals surface area contributed by atoms with Crippen molar-refractivity contribution < 1.29 is 5.11 Å². The lowest BCUT2D eigenvalue weighted by Gasteiger charge is -2.21. The first kappa shape index (κ1) is 16.1. The van der Waals surface area contributed by atoms with E-state index in [0.717, 1.165) is 17.7 Å². The Kier molecular flexibility index (Phi) is 4.55. The Balaban J connectivity index is 2.48. The van der Waals surface area contributed by atoms with Crippen molar-refractivity contribution in [3.05, 3.63) is 53.1 Å². The second kappa shape index (κ2) is 6.22. The highest BCUT2D eigenvalue weighted by Gasteiger charge is 2.17. The van der Waals surface area contributed by atoms with Gasteiger partial charge in [-0.15, -0.1) is 0 Å². The SMILES string of the molecule is CCc1cc(C(C)(C)C)cc(N=Cc2ccccc2O)c1N. The fourth-order valence-corrected chi connectivity index (χ4v) is 2.26. The zero-order valence-corrected chi connectivity index (χ0v) is 13.7. The average molecular weight is 296 g/mol. The van der Waals surface area contributed by atoms with Gasteiger partial charge < -0.3 is 10.8 Å². The van der Waals surface area contributed by atoms with E-state index >= 15 is 0 Å². The molecule has 0 bridgehead atoms. The third-order valence-corrected chi connectivity index (χ3v) is 3.77. The number of aryl methyl sites for hydroxylation is 1. The normalized spacial score (nSPS) is 12.0. The predicted molar refractivity (Wildman–Crippen MR) is 94.3 cm³/mol. The summed E-state index contributed by atoms with van der Waals surface area (Å²) >= 11 is 0. The number of nitrogens with zero attached hydrogens (tertiary/aromatic N) is 1. The number of nitrogen functional groups attached to an aromatic ring is 1. The summed E-state index contributed by atoms with van der Waals surface area (Å²) in [4.78, 5) is 4.51. The van der Waals surface area contributed by atoms with Crippen LogP contribution in [-0.2, 0) is 11.8 Å². The number of phenols is 1. The van der Waals surface area contributed by atoms with Crippen molar-refractivity contribution in [2.45, 2.75) is 39.5 Å². The molecule has 0 aliphatic carbocycles. The molecule has 0 radical (unpaired) electrons. The molecule has 0 aliphatic heterocycles. The molecule has 0 amide bonds. The number of aliphatic imine (C=N–C) groups is 1. The van der Waals surface area contributed by atoms with E-state index in [9.17, 15) is 5.11 Å². The topological polar surface area (TPSA) is 58.6 Å². The van der Waals surface area contributed by atoms with Crippen molar-refractivity contribution in [1.82, 2.24) is 0 Å². The first-order chi connectivity index (χ1) is 10.3. The van der Waals surface area contributed by atoms with E-state index in [4.69, 9.17) is 5.73 Å². The number of hydrogen-bond acceptors (Lipinski definition) is 3. The third-order valence-electron chi connectivity index (χ3n) is 3.77. The molecule has 116 valence electrons. The van der Waals surface area contributed by atoms with E-state index in [1.807, 2.05) is 18.2 Å². The highest BCUT2D eigenvalue weighted by molar-refractivity contribution is 5.87. The zero-order chi connectivity index (χ0) is 16.3. The lowest BCUT2D eigenvalue weighted by Crippen LogP contribution is -2.12. The molecule has 2 aromatic rings. The van der Waals surface area contributed by atoms with E-state index in [1.54, 1.807) is 18.3 Å². The van der Waals surface area contributed by atoms with Crippen molar-refractivity contribution in [3.63, 3.8) is 0 Å². The van der Waals surface area contributed by atoms with Crippen LogP contribution in [0.4, 0.5) is 11.4 Å². The number of phenolic OH excluding ortho intramolecular Hbond substituents is 1. The summed E-state index contributed by atoms with van der Waals surface area (Å²) in [6, 6.07) is 11.3. The summed E-state index contributed by atoms with van der Waals surface area (Å²) in [5, 5.41) is 9.82. The molecule has 0 saturated carbocycles. The first-order valence-electron chi connectivity index (χ1n) is 7.58. The lowest BCUT2D eigenvalue weighted by atomic mass is 9.85. The standard InChI is InChI=1S/C19H24N2O/c1-5-13-10-15(19(2,3)4)11-16(18(13)20)21-12-14-8-6-7-9-17(14)22/h6-12,22H,5,20H2,1-4H3. The van der Waals surface area contributed by atoms with Gasteiger partial charge in [-0.05, 0) is 41.2 Å². The van der Waals surface area contributed by atoms with Crippen LogP contribution in [0.25, 0.3) is 0 Å². The van der Waals surface area contributed by atoms with E-state index in [-0.39, 0.29) is 11.2 Å². The molecule has 0 aliphatic rings. The lowest BCUT2D eigenvalue weighted by molar-refractivity contribution is 0.474. The Labute approximate surface area is 132 Å². The Bertz CT molecular complexity index is 697. The number of anilines is 1. The number of benzene rings is 2. The molecule has 0 saturated heterocycles. The third kappa shape index (κ3) is 3.48. The second-order valence-corrected chi connectivity index (χ2v) is 6.49. The minimum Gasteiger partial charge on any atom is -0.507 e. The fraction of sp³-hybridized carbons (Fsp3) is 0.316. The number of para-hydroxylation sites is 1. The van der Waals surface area contributed by atoms with Crippen LogP contribution >= 0.6 is 0 Å². The minimum atomic E-state index is 0.0385. The molecule has 3 nitrogen and oxygen atoms in total. The minimum absolute atomic E-state index is 0.0385. The van der Waals surface area contributed by atoms with Crippen LogP contribution in [0.5, 0.6) is 5.75 Å². The van der Waals surface area contributed by atoms with Gasteiger partial charge in [-0.25, -0.2) is 0 Å². The maximum Gasteiger partial charge on any atom is 0.124 e. The maximum atomic E-state index is 9.82. The highest BCUT2D eigenvalue weighted by atomic mass is 16.3. The molecule has 0 spiro atoms. The summed E-state index contributed by atoms with van der Waals surface area (Å²) in [5.74, 6) is 0.215. The van der Waals surface area contributed by atoms with Crippen LogP contribution in [0.2, 0.25) is 0 Å². The van der Waals surface area contributed by atoms with Crippen molar-refractivity contribution >= 4 is 17.6 Å². The van der Waals surface area contributed by atoms with Gasteiger partial charge in [-0.2, -0.15) is 0 Å². The van der Waals surface area contributed by atoms with Crippen molar-refractivity contribution in [1.29, 1.82) is 0 Å². The first-order valence-corrected chi connectivity index (χ1v) is 7.58. The van der Waals surface area contributed by atoms with Gasteiger partial charge >= 0.3 is 0 Å². The van der Waals surface area contributed by atoms with Crippen molar-refractivity contribution in [2.75, 3.05) is 5.73 Å². The van der Waals surface area contributed by atoms with Gasteiger partial charge in [0, 0.05) is 11.8 Å². The van der Waals surface area contributed by atoms with Crippen LogP contribution < -0.4 is 5.73 Å². The number of aromatic hydroxyl groups is 1. The monoisotopic (exact) mass is 296 g/mol. The molecule has 0 aromatic heterocycles. The fourth-order valence-electron chi connectivity index (χ4n) is 2.26. The van der Waals surface area contributed by atoms with E-state index in [1.165, 1.54) is 5.56 Å². The zero-order valence-electron chi connectivity index (χ0n) is 13.7. The Hall–Kier alpha value is -2.29. The summed E-state index contributed by atoms with van der Waals surface area (Å²) in [7, 11) is 0. The summed E-state index contributed by atoms with van der Waals surface area (Å²) < 4.78 is 0. The molecular weight excluding hydrogens is 272 g/mol. The van der Waals surface area contributed by atoms with Gasteiger partial charge in [0.15, 0.2) is 0 Å². The molecule has 3 heteroatoms. The van der Waals surface area contributed by atoms with Crippen LogP contribution in [0.3, 0.4) is 0 Å². The molecule has 22 heavy (non-hydrogen) atoms. The summed E-state index contributed by atoms with van der Waals surface area (Å²) in [6.07, 6.45) is 2.53. The van der Waals surface area contributed by atoms with Gasteiger partial charge in [-0.3, -0.25) is 4.99 Å². The van der Waals surface area contributed by atoms with E-state index < -0.39 is 0 Å². The van der Waals surface area contributed by atoms with Crippen LogP contribution in [0.15, 0.2) is 41.4 Å². The number of rotatable bonds is 3. The molecule has 0 atom stereocenters. The molecule has 3 N–H and O–H groups in total. The van der Waals surface area contributed by atoms with Gasteiger partial charge in [0.25, 0.3) is 0 Å². The smallest absolute Gasteiger partial charge is 0.124 e.